The maximum Gasteiger partial charge on any atom is 0.243 e. The molecule has 150 valence electrons. The van der Waals surface area contributed by atoms with Crippen molar-refractivity contribution in [3.63, 3.8) is 0 Å². The number of carbonyl (C=O) groups is 2. The third kappa shape index (κ3) is 3.71. The standard InChI is InChI=1S/C20H18FN3O5/c1-12(25)23(16-6-4-15(21)5-7-16)10-19-24(13(2)26)22-20(29-19)14-3-8-17-18(9-14)28-11-27-17/h3-9,19H,10-11H2,1-2H3/t19-/m0/s1. The van der Waals surface area contributed by atoms with Gasteiger partial charge < -0.3 is 19.1 Å². The van der Waals surface area contributed by atoms with Crippen LogP contribution < -0.4 is 14.4 Å². The Morgan fingerprint density at radius 3 is 2.55 bits per heavy atom. The Labute approximate surface area is 166 Å². The summed E-state index contributed by atoms with van der Waals surface area (Å²) >= 11 is 0. The predicted molar refractivity (Wildman–Crippen MR) is 101 cm³/mol. The Kier molecular flexibility index (Phi) is 4.79. The van der Waals surface area contributed by atoms with Crippen LogP contribution in [0, 0.1) is 5.82 Å². The smallest absolute Gasteiger partial charge is 0.243 e. The second-order valence-corrected chi connectivity index (χ2v) is 6.52. The molecule has 1 atom stereocenters. The number of benzene rings is 2. The Bertz CT molecular complexity index is 992. The van der Waals surface area contributed by atoms with Gasteiger partial charge in [0.05, 0.1) is 6.54 Å². The van der Waals surface area contributed by atoms with Crippen LogP contribution in [0.4, 0.5) is 10.1 Å². The molecular formula is C20H18FN3O5. The van der Waals surface area contributed by atoms with Gasteiger partial charge in [0.15, 0.2) is 11.5 Å². The number of fused-ring (bicyclic) bond motifs is 1. The van der Waals surface area contributed by atoms with E-state index in [0.717, 1.165) is 0 Å². The molecule has 0 fully saturated rings. The molecule has 0 aliphatic carbocycles. The third-order valence-electron chi connectivity index (χ3n) is 4.52. The molecule has 2 aliphatic heterocycles. The van der Waals surface area contributed by atoms with Gasteiger partial charge in [-0.05, 0) is 42.5 Å². The first-order valence-corrected chi connectivity index (χ1v) is 8.91. The van der Waals surface area contributed by atoms with Crippen molar-refractivity contribution in [1.82, 2.24) is 5.01 Å². The molecule has 0 unspecified atom stereocenters. The SMILES string of the molecule is CC(=O)N(C[C@@H]1OC(c2ccc3c(c2)OCO3)=NN1C(C)=O)c1ccc(F)cc1. The van der Waals surface area contributed by atoms with Crippen LogP contribution in [0.15, 0.2) is 47.6 Å². The number of hydrogen-bond acceptors (Lipinski definition) is 6. The average Bonchev–Trinajstić information content (AvgIpc) is 3.33. The van der Waals surface area contributed by atoms with Crippen LogP contribution in [0.5, 0.6) is 11.5 Å². The summed E-state index contributed by atoms with van der Waals surface area (Å²) in [7, 11) is 0. The van der Waals surface area contributed by atoms with E-state index < -0.39 is 12.0 Å². The lowest BCUT2D eigenvalue weighted by molar-refractivity contribution is -0.135. The van der Waals surface area contributed by atoms with Gasteiger partial charge in [0, 0.05) is 25.1 Å². The highest BCUT2D eigenvalue weighted by atomic mass is 19.1. The van der Waals surface area contributed by atoms with Crippen molar-refractivity contribution in [2.75, 3.05) is 18.2 Å². The summed E-state index contributed by atoms with van der Waals surface area (Å²) in [6.07, 6.45) is -0.832. The zero-order valence-corrected chi connectivity index (χ0v) is 15.8. The zero-order chi connectivity index (χ0) is 20.5. The van der Waals surface area contributed by atoms with Crippen molar-refractivity contribution >= 4 is 23.4 Å². The fourth-order valence-electron chi connectivity index (χ4n) is 3.10. The molecule has 8 nitrogen and oxygen atoms in total. The van der Waals surface area contributed by atoms with Gasteiger partial charge in [-0.1, -0.05) is 0 Å². The number of amides is 2. The largest absolute Gasteiger partial charge is 0.454 e. The highest BCUT2D eigenvalue weighted by molar-refractivity contribution is 5.97. The summed E-state index contributed by atoms with van der Waals surface area (Å²) < 4.78 is 29.8. The van der Waals surface area contributed by atoms with E-state index in [2.05, 4.69) is 5.10 Å². The second kappa shape index (κ2) is 7.42. The quantitative estimate of drug-likeness (QED) is 0.789. The van der Waals surface area contributed by atoms with E-state index in [4.69, 9.17) is 14.2 Å². The van der Waals surface area contributed by atoms with Gasteiger partial charge in [-0.15, -0.1) is 5.10 Å². The monoisotopic (exact) mass is 399 g/mol. The summed E-state index contributed by atoms with van der Waals surface area (Å²) in [5.41, 5.74) is 1.10. The summed E-state index contributed by atoms with van der Waals surface area (Å²) in [5.74, 6) is 0.377. The molecule has 0 radical (unpaired) electrons. The van der Waals surface area contributed by atoms with Crippen LogP contribution in [0.25, 0.3) is 0 Å². The molecule has 29 heavy (non-hydrogen) atoms. The van der Waals surface area contributed by atoms with Crippen LogP contribution >= 0.6 is 0 Å². The van der Waals surface area contributed by atoms with Gasteiger partial charge in [0.25, 0.3) is 0 Å². The van der Waals surface area contributed by atoms with Gasteiger partial charge in [0.2, 0.25) is 30.7 Å². The van der Waals surface area contributed by atoms with Gasteiger partial charge in [-0.25, -0.2) is 4.39 Å². The fourth-order valence-corrected chi connectivity index (χ4v) is 3.10. The molecule has 0 bridgehead atoms. The molecule has 0 aromatic heterocycles. The maximum atomic E-state index is 13.2. The van der Waals surface area contributed by atoms with E-state index in [9.17, 15) is 14.0 Å². The Morgan fingerprint density at radius 1 is 1.14 bits per heavy atom. The molecule has 2 aromatic rings. The third-order valence-corrected chi connectivity index (χ3v) is 4.52. The molecule has 0 saturated heterocycles. The van der Waals surface area contributed by atoms with Crippen molar-refractivity contribution < 1.29 is 28.2 Å². The van der Waals surface area contributed by atoms with Crippen LogP contribution in [-0.2, 0) is 14.3 Å². The van der Waals surface area contributed by atoms with Gasteiger partial charge in [0.1, 0.15) is 5.82 Å². The Hall–Kier alpha value is -3.62. The molecule has 2 aromatic carbocycles. The number of carbonyl (C=O) groups excluding carboxylic acids is 2. The predicted octanol–water partition coefficient (Wildman–Crippen LogP) is 2.47. The van der Waals surface area contributed by atoms with Crippen LogP contribution in [0.3, 0.4) is 0 Å². The van der Waals surface area contributed by atoms with Gasteiger partial charge in [-0.2, -0.15) is 5.01 Å². The number of nitrogens with zero attached hydrogens (tertiary/aromatic N) is 3. The lowest BCUT2D eigenvalue weighted by atomic mass is 10.2. The van der Waals surface area contributed by atoms with E-state index in [1.165, 1.54) is 48.0 Å². The zero-order valence-electron chi connectivity index (χ0n) is 15.8. The first-order valence-electron chi connectivity index (χ1n) is 8.91. The lowest BCUT2D eigenvalue weighted by Crippen LogP contribution is -2.44. The molecule has 2 heterocycles. The summed E-state index contributed by atoms with van der Waals surface area (Å²) in [5, 5.41) is 5.45. The van der Waals surface area contributed by atoms with Crippen molar-refractivity contribution in [3.8, 4) is 11.5 Å². The first kappa shape index (κ1) is 18.7. The molecule has 0 saturated carbocycles. The average molecular weight is 399 g/mol. The topological polar surface area (TPSA) is 80.7 Å². The minimum absolute atomic E-state index is 0.0259. The molecule has 4 rings (SSSR count). The van der Waals surface area contributed by atoms with Crippen LogP contribution in [0.2, 0.25) is 0 Å². The van der Waals surface area contributed by atoms with E-state index >= 15 is 0 Å². The molecular weight excluding hydrogens is 381 g/mol. The Morgan fingerprint density at radius 2 is 1.86 bits per heavy atom. The molecule has 2 amide bonds. The van der Waals surface area contributed by atoms with Crippen LogP contribution in [0.1, 0.15) is 19.4 Å². The van der Waals surface area contributed by atoms with Crippen molar-refractivity contribution in [2.24, 2.45) is 5.10 Å². The number of anilines is 1. The summed E-state index contributed by atoms with van der Waals surface area (Å²) in [6.45, 7) is 2.91. The van der Waals surface area contributed by atoms with Gasteiger partial charge in [-0.3, -0.25) is 9.59 Å². The number of hydrazone groups is 1. The summed E-state index contributed by atoms with van der Waals surface area (Å²) in [6, 6.07) is 10.7. The Balaban J connectivity index is 1.58. The number of ether oxygens (including phenoxy) is 3. The van der Waals surface area contributed by atoms with Crippen LogP contribution in [-0.4, -0.2) is 42.3 Å². The minimum Gasteiger partial charge on any atom is -0.454 e. The second-order valence-electron chi connectivity index (χ2n) is 6.52. The normalized spacial score (nSPS) is 17.0. The highest BCUT2D eigenvalue weighted by Crippen LogP contribution is 2.33. The van der Waals surface area contributed by atoms with E-state index in [1.54, 1.807) is 18.2 Å². The minimum atomic E-state index is -0.832. The number of rotatable bonds is 4. The highest BCUT2D eigenvalue weighted by Gasteiger charge is 2.34. The van der Waals surface area contributed by atoms with Crippen molar-refractivity contribution in [1.29, 1.82) is 0 Å². The molecule has 2 aliphatic rings. The lowest BCUT2D eigenvalue weighted by Gasteiger charge is -2.27. The van der Waals surface area contributed by atoms with Crippen molar-refractivity contribution in [2.45, 2.75) is 20.1 Å². The number of halogens is 1. The molecule has 0 spiro atoms. The summed E-state index contributed by atoms with van der Waals surface area (Å²) in [4.78, 5) is 25.7. The fraction of sp³-hybridized carbons (Fsp3) is 0.250. The molecule has 0 N–H and O–H groups in total. The maximum absolute atomic E-state index is 13.2. The number of hydrogen-bond donors (Lipinski definition) is 0. The van der Waals surface area contributed by atoms with E-state index in [0.29, 0.717) is 22.7 Å². The first-order chi connectivity index (χ1) is 13.9. The van der Waals surface area contributed by atoms with Crippen molar-refractivity contribution in [3.05, 3.63) is 53.8 Å². The van der Waals surface area contributed by atoms with E-state index in [-0.39, 0.29) is 31.0 Å². The molecule has 9 heteroatoms. The van der Waals surface area contributed by atoms with E-state index in [1.807, 2.05) is 0 Å². The van der Waals surface area contributed by atoms with Gasteiger partial charge >= 0.3 is 0 Å².